The van der Waals surface area contributed by atoms with E-state index < -0.39 is 0 Å². The van der Waals surface area contributed by atoms with Gasteiger partial charge in [-0.25, -0.2) is 4.39 Å². The van der Waals surface area contributed by atoms with Crippen LogP contribution in [0.5, 0.6) is 0 Å². The summed E-state index contributed by atoms with van der Waals surface area (Å²) in [6.07, 6.45) is 23.0. The fourth-order valence-electron chi connectivity index (χ4n) is 5.99. The molecular formula is C27H43F. The van der Waals surface area contributed by atoms with E-state index in [0.29, 0.717) is 0 Å². The van der Waals surface area contributed by atoms with E-state index in [1.54, 1.807) is 12.1 Å². The highest BCUT2D eigenvalue weighted by Crippen LogP contribution is 2.43. The van der Waals surface area contributed by atoms with Crippen molar-refractivity contribution in [1.29, 1.82) is 0 Å². The third kappa shape index (κ3) is 7.20. The van der Waals surface area contributed by atoms with Crippen molar-refractivity contribution in [3.05, 3.63) is 35.6 Å². The molecule has 0 aromatic heterocycles. The molecule has 0 unspecified atom stereocenters. The fourth-order valence-corrected chi connectivity index (χ4v) is 5.99. The Bertz CT molecular complexity index is 518. The highest BCUT2D eigenvalue weighted by Gasteiger charge is 2.30. The number of hydrogen-bond acceptors (Lipinski definition) is 0. The maximum absolute atomic E-state index is 13.0. The van der Waals surface area contributed by atoms with Crippen molar-refractivity contribution in [2.24, 2.45) is 23.7 Å². The van der Waals surface area contributed by atoms with Gasteiger partial charge in [-0.2, -0.15) is 0 Å². The maximum atomic E-state index is 13.0. The Labute approximate surface area is 173 Å². The normalized spacial score (nSPS) is 28.4. The van der Waals surface area contributed by atoms with E-state index in [4.69, 9.17) is 0 Å². The van der Waals surface area contributed by atoms with E-state index in [9.17, 15) is 4.39 Å². The Kier molecular flexibility index (Phi) is 9.35. The molecule has 0 N–H and O–H groups in total. The van der Waals surface area contributed by atoms with Crippen molar-refractivity contribution in [2.75, 3.05) is 0 Å². The molecule has 0 atom stereocenters. The predicted molar refractivity (Wildman–Crippen MR) is 119 cm³/mol. The highest BCUT2D eigenvalue weighted by atomic mass is 19.1. The lowest BCUT2D eigenvalue weighted by Gasteiger charge is -2.38. The van der Waals surface area contributed by atoms with Crippen LogP contribution in [-0.2, 0) is 6.42 Å². The summed E-state index contributed by atoms with van der Waals surface area (Å²) in [7, 11) is 0. The van der Waals surface area contributed by atoms with E-state index >= 15 is 0 Å². The van der Waals surface area contributed by atoms with Crippen molar-refractivity contribution in [1.82, 2.24) is 0 Å². The first kappa shape index (κ1) is 21.8. The molecule has 0 amide bonds. The largest absolute Gasteiger partial charge is 0.207 e. The van der Waals surface area contributed by atoms with Gasteiger partial charge in [0.25, 0.3) is 0 Å². The molecule has 158 valence electrons. The number of halogens is 1. The van der Waals surface area contributed by atoms with E-state index in [0.717, 1.165) is 30.1 Å². The zero-order valence-corrected chi connectivity index (χ0v) is 18.3. The van der Waals surface area contributed by atoms with E-state index in [2.05, 4.69) is 6.92 Å². The second kappa shape index (κ2) is 12.0. The Morgan fingerprint density at radius 3 is 1.68 bits per heavy atom. The van der Waals surface area contributed by atoms with Gasteiger partial charge in [-0.3, -0.25) is 0 Å². The SMILES string of the molecule is CCCCC[C@H]1CC[C@H]([C@H]2CC[C@H](CCCCc3ccc(F)cc3)CC2)CC1. The Hall–Kier alpha value is -0.850. The summed E-state index contributed by atoms with van der Waals surface area (Å²) in [4.78, 5) is 0. The van der Waals surface area contributed by atoms with Crippen molar-refractivity contribution in [3.63, 3.8) is 0 Å². The van der Waals surface area contributed by atoms with Crippen LogP contribution in [-0.4, -0.2) is 0 Å². The van der Waals surface area contributed by atoms with Gasteiger partial charge in [0.15, 0.2) is 0 Å². The molecule has 2 aliphatic carbocycles. The van der Waals surface area contributed by atoms with Gasteiger partial charge in [-0.1, -0.05) is 83.3 Å². The van der Waals surface area contributed by atoms with Crippen LogP contribution in [0.2, 0.25) is 0 Å². The first-order chi connectivity index (χ1) is 13.7. The molecule has 0 heterocycles. The van der Waals surface area contributed by atoms with Gasteiger partial charge in [-0.15, -0.1) is 0 Å². The summed E-state index contributed by atoms with van der Waals surface area (Å²) < 4.78 is 13.0. The quantitative estimate of drug-likeness (QED) is 0.353. The molecule has 3 rings (SSSR count). The van der Waals surface area contributed by atoms with Crippen molar-refractivity contribution in [3.8, 4) is 0 Å². The van der Waals surface area contributed by atoms with Crippen molar-refractivity contribution >= 4 is 0 Å². The van der Waals surface area contributed by atoms with Gasteiger partial charge in [0.2, 0.25) is 0 Å². The van der Waals surface area contributed by atoms with E-state index in [1.165, 1.54) is 102 Å². The Morgan fingerprint density at radius 1 is 0.679 bits per heavy atom. The van der Waals surface area contributed by atoms with Crippen LogP contribution in [0.25, 0.3) is 0 Å². The number of hydrogen-bond donors (Lipinski definition) is 0. The monoisotopic (exact) mass is 386 g/mol. The standard InChI is InChI=1S/C27H43F/c1-2-3-4-7-22-10-16-25(17-11-22)26-18-12-23(13-19-26)8-5-6-9-24-14-20-27(28)21-15-24/h14-15,20-23,25-26H,2-13,16-19H2,1H3/t22-,23-,25-,26-. The molecule has 28 heavy (non-hydrogen) atoms. The molecule has 2 fully saturated rings. The molecule has 0 nitrogen and oxygen atoms in total. The predicted octanol–water partition coefficient (Wildman–Crippen LogP) is 8.73. The number of aryl methyl sites for hydroxylation is 1. The first-order valence-electron chi connectivity index (χ1n) is 12.5. The van der Waals surface area contributed by atoms with Crippen LogP contribution < -0.4 is 0 Å². The second-order valence-electron chi connectivity index (χ2n) is 9.93. The lowest BCUT2D eigenvalue weighted by atomic mass is 9.68. The van der Waals surface area contributed by atoms with Crippen molar-refractivity contribution in [2.45, 2.75) is 110 Å². The van der Waals surface area contributed by atoms with Crippen LogP contribution in [0.4, 0.5) is 4.39 Å². The van der Waals surface area contributed by atoms with Gasteiger partial charge >= 0.3 is 0 Å². The summed E-state index contributed by atoms with van der Waals surface area (Å²) in [5.41, 5.74) is 1.29. The molecule has 2 aliphatic rings. The molecule has 2 saturated carbocycles. The second-order valence-corrected chi connectivity index (χ2v) is 9.93. The summed E-state index contributed by atoms with van der Waals surface area (Å²) in [5, 5.41) is 0. The van der Waals surface area contributed by atoms with Gasteiger partial charge < -0.3 is 0 Å². The molecule has 0 radical (unpaired) electrons. The van der Waals surface area contributed by atoms with Crippen LogP contribution in [0.3, 0.4) is 0 Å². The topological polar surface area (TPSA) is 0 Å². The van der Waals surface area contributed by atoms with Crippen LogP contribution in [0.15, 0.2) is 24.3 Å². The average molecular weight is 387 g/mol. The van der Waals surface area contributed by atoms with E-state index in [-0.39, 0.29) is 5.82 Å². The fraction of sp³-hybridized carbons (Fsp3) is 0.778. The molecule has 0 bridgehead atoms. The minimum Gasteiger partial charge on any atom is -0.207 e. The molecule has 1 heteroatoms. The Balaban J connectivity index is 1.25. The number of unbranched alkanes of at least 4 members (excludes halogenated alkanes) is 3. The van der Waals surface area contributed by atoms with Gasteiger partial charge in [0, 0.05) is 0 Å². The number of benzene rings is 1. The third-order valence-electron chi connectivity index (χ3n) is 7.91. The van der Waals surface area contributed by atoms with Gasteiger partial charge in [-0.05, 0) is 79.9 Å². The highest BCUT2D eigenvalue weighted by molar-refractivity contribution is 5.15. The lowest BCUT2D eigenvalue weighted by Crippen LogP contribution is -2.25. The van der Waals surface area contributed by atoms with Gasteiger partial charge in [0.1, 0.15) is 5.82 Å². The van der Waals surface area contributed by atoms with E-state index in [1.807, 2.05) is 12.1 Å². The molecule has 1 aromatic rings. The zero-order valence-electron chi connectivity index (χ0n) is 18.3. The minimum absolute atomic E-state index is 0.120. The maximum Gasteiger partial charge on any atom is 0.123 e. The molecule has 0 aliphatic heterocycles. The third-order valence-corrected chi connectivity index (χ3v) is 7.91. The summed E-state index contributed by atoms with van der Waals surface area (Å²) in [6, 6.07) is 7.07. The Morgan fingerprint density at radius 2 is 1.18 bits per heavy atom. The summed E-state index contributed by atoms with van der Waals surface area (Å²) in [6.45, 7) is 2.32. The lowest BCUT2D eigenvalue weighted by molar-refractivity contribution is 0.139. The molecule has 1 aromatic carbocycles. The minimum atomic E-state index is -0.120. The average Bonchev–Trinajstić information content (AvgIpc) is 2.74. The first-order valence-corrected chi connectivity index (χ1v) is 12.5. The van der Waals surface area contributed by atoms with Crippen LogP contribution >= 0.6 is 0 Å². The van der Waals surface area contributed by atoms with Gasteiger partial charge in [0.05, 0.1) is 0 Å². The summed E-state index contributed by atoms with van der Waals surface area (Å²) >= 11 is 0. The molecular weight excluding hydrogens is 343 g/mol. The molecule has 0 spiro atoms. The number of rotatable bonds is 10. The zero-order chi connectivity index (χ0) is 19.6. The molecule has 0 saturated heterocycles. The van der Waals surface area contributed by atoms with Crippen molar-refractivity contribution < 1.29 is 4.39 Å². The smallest absolute Gasteiger partial charge is 0.123 e. The van der Waals surface area contributed by atoms with Crippen LogP contribution in [0, 0.1) is 29.5 Å². The summed E-state index contributed by atoms with van der Waals surface area (Å²) in [5.74, 6) is 4.02. The van der Waals surface area contributed by atoms with Crippen LogP contribution in [0.1, 0.15) is 109 Å².